The van der Waals surface area contributed by atoms with Gasteiger partial charge in [0.2, 0.25) is 0 Å². The molecule has 2 aromatic rings. The predicted octanol–water partition coefficient (Wildman–Crippen LogP) is 6.58. The van der Waals surface area contributed by atoms with Crippen LogP contribution in [0, 0.1) is 0 Å². The molecule has 1 heterocycles. The van der Waals surface area contributed by atoms with Gasteiger partial charge in [0.25, 0.3) is 0 Å². The molecule has 0 aliphatic rings. The van der Waals surface area contributed by atoms with Crippen molar-refractivity contribution in [1.29, 1.82) is 0 Å². The van der Waals surface area contributed by atoms with Crippen molar-refractivity contribution in [2.75, 3.05) is 6.54 Å². The first-order valence-electron chi connectivity index (χ1n) is 6.13. The lowest BCUT2D eigenvalue weighted by atomic mass is 10.0. The normalized spacial score (nSPS) is 12.7. The zero-order valence-electron chi connectivity index (χ0n) is 10.7. The topological polar surface area (TPSA) is 12.0 Å². The summed E-state index contributed by atoms with van der Waals surface area (Å²) in [5, 5.41) is 4.33. The van der Waals surface area contributed by atoms with Crippen molar-refractivity contribution in [3.05, 3.63) is 52.5 Å². The minimum Gasteiger partial charge on any atom is -0.309 e. The van der Waals surface area contributed by atoms with Gasteiger partial charge in [0.05, 0.1) is 3.79 Å². The van der Waals surface area contributed by atoms with E-state index in [1.807, 2.05) is 12.1 Å². The first-order valence-corrected chi connectivity index (χ1v) is 9.70. The predicted molar refractivity (Wildman–Crippen MR) is 99.0 cm³/mol. The molecule has 0 fully saturated rings. The zero-order valence-corrected chi connectivity index (χ0v) is 17.1. The molecule has 1 nitrogen and oxygen atoms in total. The second-order valence-electron chi connectivity index (χ2n) is 4.32. The molecule has 0 saturated carbocycles. The summed E-state index contributed by atoms with van der Waals surface area (Å²) in [5.41, 5.74) is 1.15. The zero-order chi connectivity index (χ0) is 14.7. The Morgan fingerprint density at radius 1 is 1.25 bits per heavy atom. The lowest BCUT2D eigenvalue weighted by Crippen LogP contribution is -2.22. The number of hydrogen-bond donors (Lipinski definition) is 1. The van der Waals surface area contributed by atoms with Gasteiger partial charge in [-0.1, -0.05) is 40.5 Å². The van der Waals surface area contributed by atoms with Gasteiger partial charge in [-0.3, -0.25) is 0 Å². The van der Waals surface area contributed by atoms with Gasteiger partial charge < -0.3 is 5.32 Å². The van der Waals surface area contributed by atoms with Crippen molar-refractivity contribution in [3.63, 3.8) is 0 Å². The summed E-state index contributed by atoms with van der Waals surface area (Å²) in [7, 11) is 0. The summed E-state index contributed by atoms with van der Waals surface area (Å²) in [4.78, 5) is 1.30. The third-order valence-corrected chi connectivity index (χ3v) is 7.11. The fourth-order valence-electron chi connectivity index (χ4n) is 1.96. The van der Waals surface area contributed by atoms with Crippen molar-refractivity contribution >= 4 is 70.7 Å². The lowest BCUT2D eigenvalue weighted by Gasteiger charge is -2.17. The van der Waals surface area contributed by atoms with Crippen LogP contribution in [0.3, 0.4) is 0 Å². The van der Waals surface area contributed by atoms with E-state index >= 15 is 0 Å². The van der Waals surface area contributed by atoms with Crippen LogP contribution in [0.25, 0.3) is 0 Å². The van der Waals surface area contributed by atoms with Gasteiger partial charge in [-0.15, -0.1) is 11.3 Å². The molecule has 1 atom stereocenters. The highest BCUT2D eigenvalue weighted by atomic mass is 79.9. The van der Waals surface area contributed by atoms with Gasteiger partial charge in [-0.25, -0.2) is 0 Å². The van der Waals surface area contributed by atoms with E-state index in [-0.39, 0.29) is 6.04 Å². The summed E-state index contributed by atoms with van der Waals surface area (Å²) in [5.74, 6) is 0. The van der Waals surface area contributed by atoms with Crippen LogP contribution in [0.1, 0.15) is 23.4 Å². The molecular formula is C14H13Br3ClNS. The minimum atomic E-state index is 0.270. The maximum Gasteiger partial charge on any atom is 0.0843 e. The number of halogens is 4. The molecule has 108 valence electrons. The molecule has 0 amide bonds. The fourth-order valence-corrected chi connectivity index (χ4v) is 4.88. The Balaban J connectivity index is 2.25. The number of likely N-dealkylation sites (N-methyl/N-ethyl adjacent to an activating group) is 1. The Bertz CT molecular complexity index is 581. The molecule has 1 N–H and O–H groups in total. The monoisotopic (exact) mass is 499 g/mol. The SMILES string of the molecule is CCNC(Cc1ccc(Br)cc1Cl)c1cc(Br)c(Br)s1. The highest BCUT2D eigenvalue weighted by Crippen LogP contribution is 2.37. The van der Waals surface area contributed by atoms with Crippen LogP contribution in [0.15, 0.2) is 37.0 Å². The first-order chi connectivity index (χ1) is 9.51. The maximum atomic E-state index is 6.32. The van der Waals surface area contributed by atoms with Crippen molar-refractivity contribution in [1.82, 2.24) is 5.32 Å². The molecule has 2 rings (SSSR count). The van der Waals surface area contributed by atoms with E-state index in [2.05, 4.69) is 72.2 Å². The molecule has 1 aromatic heterocycles. The molecule has 0 radical (unpaired) electrons. The molecule has 1 unspecified atom stereocenters. The molecular weight excluding hydrogens is 489 g/mol. The van der Waals surface area contributed by atoms with Crippen LogP contribution in [-0.2, 0) is 6.42 Å². The smallest absolute Gasteiger partial charge is 0.0843 e. The minimum absolute atomic E-state index is 0.270. The van der Waals surface area contributed by atoms with Crippen molar-refractivity contribution < 1.29 is 0 Å². The average molecular weight is 502 g/mol. The number of hydrogen-bond acceptors (Lipinski definition) is 2. The summed E-state index contributed by atoms with van der Waals surface area (Å²) in [6.07, 6.45) is 0.874. The Kier molecular flexibility index (Phi) is 6.57. The molecule has 20 heavy (non-hydrogen) atoms. The Labute approximate surface area is 153 Å². The lowest BCUT2D eigenvalue weighted by molar-refractivity contribution is 0.558. The fraction of sp³-hybridized carbons (Fsp3) is 0.286. The van der Waals surface area contributed by atoms with Gasteiger partial charge >= 0.3 is 0 Å². The number of rotatable bonds is 5. The van der Waals surface area contributed by atoms with Crippen LogP contribution >= 0.6 is 70.7 Å². The van der Waals surface area contributed by atoms with E-state index in [9.17, 15) is 0 Å². The standard InChI is InChI=1S/C14H13Br3ClNS/c1-2-19-12(13-7-10(16)14(17)20-13)5-8-3-4-9(15)6-11(8)18/h3-4,6-7,12,19H,2,5H2,1H3. The molecule has 0 bridgehead atoms. The molecule has 1 aromatic carbocycles. The van der Waals surface area contributed by atoms with E-state index < -0.39 is 0 Å². The molecule has 0 spiro atoms. The summed E-state index contributed by atoms with van der Waals surface area (Å²) in [6, 6.07) is 8.49. The van der Waals surface area contributed by atoms with E-state index in [4.69, 9.17) is 11.6 Å². The van der Waals surface area contributed by atoms with E-state index in [1.165, 1.54) is 4.88 Å². The number of thiophene rings is 1. The summed E-state index contributed by atoms with van der Waals surface area (Å²) < 4.78 is 3.23. The Morgan fingerprint density at radius 2 is 2.00 bits per heavy atom. The van der Waals surface area contributed by atoms with Crippen LogP contribution < -0.4 is 5.32 Å². The molecule has 0 aliphatic carbocycles. The van der Waals surface area contributed by atoms with Gasteiger partial charge in [0.15, 0.2) is 0 Å². The molecule has 0 aliphatic heterocycles. The number of nitrogens with one attached hydrogen (secondary N) is 1. The van der Waals surface area contributed by atoms with E-state index in [0.29, 0.717) is 0 Å². The second-order valence-corrected chi connectivity index (χ2v) is 8.90. The Hall–Kier alpha value is 0.610. The van der Waals surface area contributed by atoms with Crippen LogP contribution in [-0.4, -0.2) is 6.54 Å². The van der Waals surface area contributed by atoms with Crippen molar-refractivity contribution in [2.24, 2.45) is 0 Å². The third-order valence-electron chi connectivity index (χ3n) is 2.90. The highest BCUT2D eigenvalue weighted by molar-refractivity contribution is 9.13. The van der Waals surface area contributed by atoms with Crippen LogP contribution in [0.5, 0.6) is 0 Å². The third kappa shape index (κ3) is 4.31. The van der Waals surface area contributed by atoms with E-state index in [1.54, 1.807) is 11.3 Å². The van der Waals surface area contributed by atoms with Gasteiger partial charge in [0, 0.05) is 24.9 Å². The first kappa shape index (κ1) is 17.0. The van der Waals surface area contributed by atoms with Gasteiger partial charge in [-0.2, -0.15) is 0 Å². The molecule has 6 heteroatoms. The average Bonchev–Trinajstić information content (AvgIpc) is 2.72. The molecule has 0 saturated heterocycles. The number of benzene rings is 1. The summed E-state index contributed by atoms with van der Waals surface area (Å²) in [6.45, 7) is 3.04. The largest absolute Gasteiger partial charge is 0.309 e. The quantitative estimate of drug-likeness (QED) is 0.487. The summed E-state index contributed by atoms with van der Waals surface area (Å²) >= 11 is 18.6. The van der Waals surface area contributed by atoms with Crippen LogP contribution in [0.4, 0.5) is 0 Å². The maximum absolute atomic E-state index is 6.32. The van der Waals surface area contributed by atoms with Crippen molar-refractivity contribution in [2.45, 2.75) is 19.4 Å². The second kappa shape index (κ2) is 7.75. The van der Waals surface area contributed by atoms with Gasteiger partial charge in [-0.05, 0) is 68.6 Å². The van der Waals surface area contributed by atoms with E-state index in [0.717, 1.165) is 36.3 Å². The highest BCUT2D eigenvalue weighted by Gasteiger charge is 2.17. The van der Waals surface area contributed by atoms with Crippen molar-refractivity contribution in [3.8, 4) is 0 Å². The van der Waals surface area contributed by atoms with Crippen LogP contribution in [0.2, 0.25) is 5.02 Å². The Morgan fingerprint density at radius 3 is 2.55 bits per heavy atom. The van der Waals surface area contributed by atoms with Gasteiger partial charge in [0.1, 0.15) is 0 Å².